The lowest BCUT2D eigenvalue weighted by molar-refractivity contribution is 0.215. The minimum Gasteiger partial charge on any atom is -0.456 e. The molecule has 1 heterocycles. The fourth-order valence-corrected chi connectivity index (χ4v) is 2.36. The number of nitrogens with one attached hydrogen (secondary N) is 1. The number of aromatic amines is 1. The second-order valence-corrected chi connectivity index (χ2v) is 5.51. The largest absolute Gasteiger partial charge is 0.456 e. The second kappa shape index (κ2) is 6.40. The monoisotopic (exact) mass is 334 g/mol. The van der Waals surface area contributed by atoms with E-state index >= 15 is 0 Å². The Hall–Kier alpha value is -2.01. The van der Waals surface area contributed by atoms with E-state index in [1.807, 2.05) is 0 Å². The average Bonchev–Trinajstić information content (AvgIpc) is 3.03. The molecule has 1 unspecified atom stereocenters. The van der Waals surface area contributed by atoms with E-state index in [2.05, 4.69) is 10.2 Å². The smallest absolute Gasteiger partial charge is 0.146 e. The van der Waals surface area contributed by atoms with Crippen LogP contribution in [0, 0.1) is 0 Å². The summed E-state index contributed by atoms with van der Waals surface area (Å²) in [5.74, 6) is 1.02. The number of benzene rings is 2. The lowest BCUT2D eigenvalue weighted by Crippen LogP contribution is -2.00. The zero-order chi connectivity index (χ0) is 15.5. The summed E-state index contributed by atoms with van der Waals surface area (Å²) in [5, 5.41) is 17.9. The first-order valence-electron chi connectivity index (χ1n) is 6.53. The Kier molecular flexibility index (Phi) is 4.34. The zero-order valence-electron chi connectivity index (χ0n) is 11.3. The highest BCUT2D eigenvalue weighted by Gasteiger charge is 2.14. The van der Waals surface area contributed by atoms with E-state index in [0.717, 1.165) is 0 Å². The number of aromatic nitrogens is 2. The predicted molar refractivity (Wildman–Crippen MR) is 85.6 cm³/mol. The molecule has 3 rings (SSSR count). The van der Waals surface area contributed by atoms with Crippen LogP contribution in [0.3, 0.4) is 0 Å². The number of hydrogen-bond acceptors (Lipinski definition) is 3. The van der Waals surface area contributed by atoms with Crippen molar-refractivity contribution in [2.75, 3.05) is 0 Å². The van der Waals surface area contributed by atoms with Crippen LogP contribution in [0.1, 0.15) is 17.4 Å². The van der Waals surface area contributed by atoms with Crippen molar-refractivity contribution >= 4 is 23.2 Å². The van der Waals surface area contributed by atoms with Gasteiger partial charge in [-0.25, -0.2) is 0 Å². The fourth-order valence-electron chi connectivity index (χ4n) is 2.02. The highest BCUT2D eigenvalue weighted by Crippen LogP contribution is 2.33. The van der Waals surface area contributed by atoms with Crippen molar-refractivity contribution in [3.63, 3.8) is 0 Å². The maximum Gasteiger partial charge on any atom is 0.146 e. The van der Waals surface area contributed by atoms with Crippen molar-refractivity contribution in [2.45, 2.75) is 6.10 Å². The van der Waals surface area contributed by atoms with Gasteiger partial charge in [0.25, 0.3) is 0 Å². The molecule has 0 bridgehead atoms. The van der Waals surface area contributed by atoms with Gasteiger partial charge in [0.1, 0.15) is 17.6 Å². The Morgan fingerprint density at radius 1 is 1.09 bits per heavy atom. The molecule has 0 aliphatic carbocycles. The molecule has 1 atom stereocenters. The first kappa shape index (κ1) is 14.9. The highest BCUT2D eigenvalue weighted by molar-refractivity contribution is 6.32. The van der Waals surface area contributed by atoms with E-state index in [0.29, 0.717) is 32.8 Å². The van der Waals surface area contributed by atoms with Crippen molar-refractivity contribution in [1.82, 2.24) is 10.2 Å². The van der Waals surface area contributed by atoms with E-state index < -0.39 is 6.10 Å². The van der Waals surface area contributed by atoms with Gasteiger partial charge in [-0.15, -0.1) is 0 Å². The van der Waals surface area contributed by atoms with Gasteiger partial charge in [0, 0.05) is 11.2 Å². The van der Waals surface area contributed by atoms with Crippen molar-refractivity contribution in [3.05, 3.63) is 76.0 Å². The Balaban J connectivity index is 1.90. The molecule has 0 amide bonds. The number of rotatable bonds is 4. The molecule has 1 aromatic heterocycles. The molecule has 6 heteroatoms. The molecule has 2 N–H and O–H groups in total. The van der Waals surface area contributed by atoms with E-state index in [1.165, 1.54) is 0 Å². The van der Waals surface area contributed by atoms with Crippen LogP contribution in [0.5, 0.6) is 11.5 Å². The summed E-state index contributed by atoms with van der Waals surface area (Å²) in [6, 6.07) is 13.8. The molecule has 0 aliphatic heterocycles. The average molecular weight is 335 g/mol. The Morgan fingerprint density at radius 3 is 2.68 bits per heavy atom. The molecular weight excluding hydrogens is 323 g/mol. The van der Waals surface area contributed by atoms with Gasteiger partial charge in [0.15, 0.2) is 0 Å². The Morgan fingerprint density at radius 2 is 1.95 bits per heavy atom. The van der Waals surface area contributed by atoms with Gasteiger partial charge in [0.2, 0.25) is 0 Å². The molecule has 0 aliphatic rings. The molecule has 0 fully saturated rings. The number of H-pyrrole nitrogens is 1. The summed E-state index contributed by atoms with van der Waals surface area (Å²) >= 11 is 12.1. The van der Waals surface area contributed by atoms with Crippen molar-refractivity contribution < 1.29 is 9.84 Å². The van der Waals surface area contributed by atoms with Crippen LogP contribution >= 0.6 is 23.2 Å². The number of halogens is 2. The van der Waals surface area contributed by atoms with Gasteiger partial charge in [-0.2, -0.15) is 5.10 Å². The van der Waals surface area contributed by atoms with Crippen LogP contribution in [0.2, 0.25) is 10.0 Å². The number of nitrogens with zero attached hydrogens (tertiary/aromatic N) is 1. The first-order chi connectivity index (χ1) is 10.6. The second-order valence-electron chi connectivity index (χ2n) is 4.66. The van der Waals surface area contributed by atoms with Gasteiger partial charge >= 0.3 is 0 Å². The molecule has 112 valence electrons. The fraction of sp³-hybridized carbons (Fsp3) is 0.0625. The maximum atomic E-state index is 10.3. The molecule has 2 aromatic carbocycles. The Labute approximate surface area is 137 Å². The van der Waals surface area contributed by atoms with E-state index in [9.17, 15) is 5.11 Å². The molecule has 22 heavy (non-hydrogen) atoms. The van der Waals surface area contributed by atoms with E-state index in [-0.39, 0.29) is 0 Å². The SMILES string of the molecule is OC(c1ccc(Cl)c(Oc2cccc(Cl)c2)c1)c1ccn[nH]1. The predicted octanol–water partition coefficient (Wildman–Crippen LogP) is 4.59. The standard InChI is InChI=1S/C16H12Cl2N2O2/c17-11-2-1-3-12(9-11)22-15-8-10(4-5-13(15)18)16(21)14-6-7-19-20-14/h1-9,16,21H,(H,19,20). The topological polar surface area (TPSA) is 58.1 Å². The molecule has 0 saturated carbocycles. The third-order valence-electron chi connectivity index (χ3n) is 3.11. The summed E-state index contributed by atoms with van der Waals surface area (Å²) in [6.45, 7) is 0. The number of aliphatic hydroxyl groups excluding tert-OH is 1. The van der Waals surface area contributed by atoms with E-state index in [4.69, 9.17) is 27.9 Å². The van der Waals surface area contributed by atoms with Crippen molar-refractivity contribution in [3.8, 4) is 11.5 Å². The molecule has 4 nitrogen and oxygen atoms in total. The first-order valence-corrected chi connectivity index (χ1v) is 7.29. The Bertz CT molecular complexity index is 776. The van der Waals surface area contributed by atoms with Gasteiger partial charge < -0.3 is 9.84 Å². The van der Waals surface area contributed by atoms with Gasteiger partial charge in [-0.1, -0.05) is 35.3 Å². The third-order valence-corrected chi connectivity index (χ3v) is 3.66. The van der Waals surface area contributed by atoms with Crippen LogP contribution in [0.15, 0.2) is 54.7 Å². The van der Waals surface area contributed by atoms with Crippen LogP contribution in [0.4, 0.5) is 0 Å². The summed E-state index contributed by atoms with van der Waals surface area (Å²) in [4.78, 5) is 0. The van der Waals surface area contributed by atoms with E-state index in [1.54, 1.807) is 54.7 Å². The number of hydrogen-bond donors (Lipinski definition) is 2. The molecular formula is C16H12Cl2N2O2. The van der Waals surface area contributed by atoms with Crippen LogP contribution in [-0.2, 0) is 0 Å². The molecule has 0 saturated heterocycles. The van der Waals surface area contributed by atoms with Crippen LogP contribution < -0.4 is 4.74 Å². The van der Waals surface area contributed by atoms with Crippen LogP contribution in [0.25, 0.3) is 0 Å². The van der Waals surface area contributed by atoms with Crippen molar-refractivity contribution in [1.29, 1.82) is 0 Å². The van der Waals surface area contributed by atoms with Gasteiger partial charge in [-0.05, 0) is 42.0 Å². The summed E-state index contributed by atoms with van der Waals surface area (Å²) in [6.07, 6.45) is 0.749. The molecule has 3 aromatic rings. The molecule has 0 spiro atoms. The maximum absolute atomic E-state index is 10.3. The number of ether oxygens (including phenoxy) is 1. The van der Waals surface area contributed by atoms with Crippen LogP contribution in [-0.4, -0.2) is 15.3 Å². The highest BCUT2D eigenvalue weighted by atomic mass is 35.5. The summed E-state index contributed by atoms with van der Waals surface area (Å²) < 4.78 is 5.74. The minimum atomic E-state index is -0.832. The summed E-state index contributed by atoms with van der Waals surface area (Å²) in [7, 11) is 0. The number of aliphatic hydroxyl groups is 1. The van der Waals surface area contributed by atoms with Gasteiger partial charge in [0.05, 0.1) is 10.7 Å². The quantitative estimate of drug-likeness (QED) is 0.733. The lowest BCUT2D eigenvalue weighted by atomic mass is 10.1. The minimum absolute atomic E-state index is 0.444. The van der Waals surface area contributed by atoms with Crippen molar-refractivity contribution in [2.24, 2.45) is 0 Å². The van der Waals surface area contributed by atoms with Gasteiger partial charge in [-0.3, -0.25) is 5.10 Å². The molecule has 0 radical (unpaired) electrons. The summed E-state index contributed by atoms with van der Waals surface area (Å²) in [5.41, 5.74) is 1.24. The third kappa shape index (κ3) is 3.25. The normalized spacial score (nSPS) is 12.1. The zero-order valence-corrected chi connectivity index (χ0v) is 12.8. The lowest BCUT2D eigenvalue weighted by Gasteiger charge is -2.13.